The Labute approximate surface area is 161 Å². The Morgan fingerprint density at radius 2 is 2.04 bits per heavy atom. The van der Waals surface area contributed by atoms with Crippen molar-refractivity contribution in [2.24, 2.45) is 0 Å². The highest BCUT2D eigenvalue weighted by atomic mass is 35.5. The number of nitrogens with one attached hydrogen (secondary N) is 1. The summed E-state index contributed by atoms with van der Waals surface area (Å²) in [5.41, 5.74) is 0.897. The lowest BCUT2D eigenvalue weighted by Gasteiger charge is -2.14. The molecule has 26 heavy (non-hydrogen) atoms. The number of hydrogen-bond acceptors (Lipinski definition) is 5. The predicted octanol–water partition coefficient (Wildman–Crippen LogP) is 2.72. The number of sulfonamides is 1. The second-order valence-electron chi connectivity index (χ2n) is 5.88. The van der Waals surface area contributed by atoms with Gasteiger partial charge in [0, 0.05) is 25.2 Å². The summed E-state index contributed by atoms with van der Waals surface area (Å²) >= 11 is 12.4. The lowest BCUT2D eigenvalue weighted by atomic mass is 10.1. The van der Waals surface area contributed by atoms with Crippen molar-refractivity contribution in [1.29, 1.82) is 0 Å². The van der Waals surface area contributed by atoms with Crippen molar-refractivity contribution in [3.8, 4) is 11.3 Å². The summed E-state index contributed by atoms with van der Waals surface area (Å²) < 4.78 is 30.1. The second-order valence-corrected chi connectivity index (χ2v) is 8.79. The van der Waals surface area contributed by atoms with Crippen LogP contribution in [-0.2, 0) is 10.0 Å². The van der Waals surface area contributed by atoms with Crippen LogP contribution >= 0.6 is 23.2 Å². The molecule has 0 aliphatic carbocycles. The SMILES string of the molecule is Cc1onc(-c2c(Cl)cccc2Cl)c1C(=O)NCCN1CCCS1(=O)=O. The molecule has 0 atom stereocenters. The predicted molar refractivity (Wildman–Crippen MR) is 99.0 cm³/mol. The molecule has 1 amide bonds. The number of carbonyl (C=O) groups excluding carboxylic acids is 1. The van der Waals surface area contributed by atoms with Gasteiger partial charge < -0.3 is 9.84 Å². The molecule has 2 aromatic rings. The number of benzene rings is 1. The van der Waals surface area contributed by atoms with Crippen molar-refractivity contribution in [3.05, 3.63) is 39.6 Å². The van der Waals surface area contributed by atoms with Crippen molar-refractivity contribution in [2.75, 3.05) is 25.4 Å². The first-order valence-corrected chi connectivity index (χ1v) is 10.3. The number of nitrogens with zero attached hydrogens (tertiary/aromatic N) is 2. The van der Waals surface area contributed by atoms with E-state index in [-0.39, 0.29) is 30.1 Å². The number of aromatic nitrogens is 1. The highest BCUT2D eigenvalue weighted by Crippen LogP contribution is 2.36. The van der Waals surface area contributed by atoms with Crippen LogP contribution < -0.4 is 5.32 Å². The van der Waals surface area contributed by atoms with E-state index < -0.39 is 15.9 Å². The van der Waals surface area contributed by atoms with Crippen LogP contribution in [0.1, 0.15) is 22.5 Å². The van der Waals surface area contributed by atoms with Gasteiger partial charge >= 0.3 is 0 Å². The van der Waals surface area contributed by atoms with E-state index in [1.807, 2.05) is 0 Å². The number of rotatable bonds is 5. The number of halogens is 2. The molecular weight excluding hydrogens is 401 g/mol. The van der Waals surface area contributed by atoms with Gasteiger partial charge in [0.05, 0.1) is 15.8 Å². The van der Waals surface area contributed by atoms with Gasteiger partial charge in [0.15, 0.2) is 0 Å². The van der Waals surface area contributed by atoms with Crippen LogP contribution in [0.25, 0.3) is 11.3 Å². The van der Waals surface area contributed by atoms with Gasteiger partial charge in [0.25, 0.3) is 5.91 Å². The summed E-state index contributed by atoms with van der Waals surface area (Å²) in [5.74, 6) is 0.0505. The van der Waals surface area contributed by atoms with Gasteiger partial charge in [-0.3, -0.25) is 4.79 Å². The van der Waals surface area contributed by atoms with Crippen LogP contribution in [0, 0.1) is 6.92 Å². The standard InChI is InChI=1S/C16H17Cl2N3O4S/c1-10-13(15(20-25-10)14-11(17)4-2-5-12(14)18)16(22)19-6-8-21-7-3-9-26(21,23)24/h2,4-5H,3,6-9H2,1H3,(H,19,22). The Bertz CT molecular complexity index is 923. The fourth-order valence-electron chi connectivity index (χ4n) is 2.86. The minimum Gasteiger partial charge on any atom is -0.360 e. The van der Waals surface area contributed by atoms with E-state index in [1.54, 1.807) is 25.1 Å². The molecule has 10 heteroatoms. The number of aryl methyl sites for hydroxylation is 1. The zero-order valence-electron chi connectivity index (χ0n) is 14.0. The largest absolute Gasteiger partial charge is 0.360 e. The maximum absolute atomic E-state index is 12.6. The van der Waals surface area contributed by atoms with E-state index >= 15 is 0 Å². The molecule has 7 nitrogen and oxygen atoms in total. The lowest BCUT2D eigenvalue weighted by molar-refractivity contribution is 0.0951. The molecule has 1 N–H and O–H groups in total. The van der Waals surface area contributed by atoms with Crippen LogP contribution in [0.3, 0.4) is 0 Å². The molecule has 0 unspecified atom stereocenters. The summed E-state index contributed by atoms with van der Waals surface area (Å²) in [4.78, 5) is 12.6. The number of hydrogen-bond donors (Lipinski definition) is 1. The maximum Gasteiger partial charge on any atom is 0.257 e. The molecule has 140 valence electrons. The topological polar surface area (TPSA) is 92.5 Å². The lowest BCUT2D eigenvalue weighted by Crippen LogP contribution is -2.36. The molecule has 1 aliphatic heterocycles. The first-order chi connectivity index (χ1) is 12.3. The van der Waals surface area contributed by atoms with Crippen LogP contribution in [0.15, 0.2) is 22.7 Å². The highest BCUT2D eigenvalue weighted by molar-refractivity contribution is 7.89. The van der Waals surface area contributed by atoms with Crippen molar-refractivity contribution in [3.63, 3.8) is 0 Å². The summed E-state index contributed by atoms with van der Waals surface area (Å²) in [6, 6.07) is 4.98. The molecule has 1 fully saturated rings. The molecule has 1 aromatic heterocycles. The summed E-state index contributed by atoms with van der Waals surface area (Å²) in [5, 5.41) is 7.33. The molecule has 1 aromatic carbocycles. The van der Waals surface area contributed by atoms with Gasteiger partial charge in [-0.1, -0.05) is 34.4 Å². The van der Waals surface area contributed by atoms with Gasteiger partial charge in [-0.25, -0.2) is 12.7 Å². The van der Waals surface area contributed by atoms with Gasteiger partial charge in [0.1, 0.15) is 17.0 Å². The Hall–Kier alpha value is -1.61. The molecule has 0 radical (unpaired) electrons. The van der Waals surface area contributed by atoms with Crippen molar-refractivity contribution in [1.82, 2.24) is 14.8 Å². The minimum absolute atomic E-state index is 0.154. The Kier molecular flexibility index (Phi) is 5.57. The number of amides is 1. The average Bonchev–Trinajstić information content (AvgIpc) is 3.10. The summed E-state index contributed by atoms with van der Waals surface area (Å²) in [6.45, 7) is 2.49. The average molecular weight is 418 g/mol. The molecule has 0 spiro atoms. The van der Waals surface area contributed by atoms with Gasteiger partial charge in [-0.2, -0.15) is 0 Å². The van der Waals surface area contributed by atoms with Crippen LogP contribution in [-0.4, -0.2) is 49.2 Å². The third-order valence-electron chi connectivity index (χ3n) is 4.14. The normalized spacial score (nSPS) is 16.7. The summed E-state index contributed by atoms with van der Waals surface area (Å²) in [6.07, 6.45) is 0.607. The molecule has 0 bridgehead atoms. The molecule has 3 rings (SSSR count). The van der Waals surface area contributed by atoms with E-state index in [1.165, 1.54) is 4.31 Å². The fourth-order valence-corrected chi connectivity index (χ4v) is 4.96. The van der Waals surface area contributed by atoms with E-state index in [9.17, 15) is 13.2 Å². The van der Waals surface area contributed by atoms with Gasteiger partial charge in [-0.15, -0.1) is 0 Å². The van der Waals surface area contributed by atoms with Crippen LogP contribution in [0.4, 0.5) is 0 Å². The minimum atomic E-state index is -3.19. The fraction of sp³-hybridized carbons (Fsp3) is 0.375. The van der Waals surface area contributed by atoms with Gasteiger partial charge in [-0.05, 0) is 25.5 Å². The second kappa shape index (κ2) is 7.56. The Balaban J connectivity index is 1.77. The molecular formula is C16H17Cl2N3O4S. The quantitative estimate of drug-likeness (QED) is 0.806. The van der Waals surface area contributed by atoms with Crippen molar-refractivity contribution >= 4 is 39.1 Å². The monoisotopic (exact) mass is 417 g/mol. The highest BCUT2D eigenvalue weighted by Gasteiger charge is 2.28. The van der Waals surface area contributed by atoms with E-state index in [0.717, 1.165) is 0 Å². The van der Waals surface area contributed by atoms with E-state index in [0.29, 0.717) is 34.3 Å². The molecule has 1 saturated heterocycles. The third kappa shape index (κ3) is 3.73. The molecule has 0 saturated carbocycles. The first-order valence-electron chi connectivity index (χ1n) is 7.98. The number of carbonyl (C=O) groups is 1. The Morgan fingerprint density at radius 1 is 1.35 bits per heavy atom. The van der Waals surface area contributed by atoms with Crippen molar-refractivity contribution in [2.45, 2.75) is 13.3 Å². The molecule has 1 aliphatic rings. The third-order valence-corrected chi connectivity index (χ3v) is 6.73. The van der Waals surface area contributed by atoms with Crippen molar-refractivity contribution < 1.29 is 17.7 Å². The van der Waals surface area contributed by atoms with Crippen LogP contribution in [0.5, 0.6) is 0 Å². The zero-order valence-corrected chi connectivity index (χ0v) is 16.3. The molecule has 2 heterocycles. The maximum atomic E-state index is 12.6. The van der Waals surface area contributed by atoms with Gasteiger partial charge in [0.2, 0.25) is 10.0 Å². The smallest absolute Gasteiger partial charge is 0.257 e. The van der Waals surface area contributed by atoms with E-state index in [2.05, 4.69) is 10.5 Å². The van der Waals surface area contributed by atoms with E-state index in [4.69, 9.17) is 27.7 Å². The van der Waals surface area contributed by atoms with Crippen LogP contribution in [0.2, 0.25) is 10.0 Å². The zero-order chi connectivity index (χ0) is 18.9. The Morgan fingerprint density at radius 3 is 2.65 bits per heavy atom. The first kappa shape index (κ1) is 19.2. The summed E-state index contributed by atoms with van der Waals surface area (Å²) in [7, 11) is -3.19.